The minimum atomic E-state index is 0.786. The van der Waals surface area contributed by atoms with Crippen LogP contribution in [-0.4, -0.2) is 48.1 Å². The first-order chi connectivity index (χ1) is 9.29. The van der Waals surface area contributed by atoms with Gasteiger partial charge in [-0.2, -0.15) is 5.10 Å². The Hall–Kier alpha value is -1.59. The van der Waals surface area contributed by atoms with Gasteiger partial charge >= 0.3 is 0 Å². The monoisotopic (exact) mass is 261 g/mol. The fourth-order valence-corrected chi connectivity index (χ4v) is 2.56. The fourth-order valence-electron chi connectivity index (χ4n) is 2.56. The number of hydrogen-bond acceptors (Lipinski definition) is 4. The summed E-state index contributed by atoms with van der Waals surface area (Å²) in [5.41, 5.74) is 2.12. The maximum atomic E-state index is 5.47. The van der Waals surface area contributed by atoms with Crippen molar-refractivity contribution in [2.24, 2.45) is 0 Å². The molecule has 5 nitrogen and oxygen atoms in total. The molecular formula is C14H19N3O2. The number of methoxy groups -OCH3 is 1. The Morgan fingerprint density at radius 3 is 2.84 bits per heavy atom. The third-order valence-electron chi connectivity index (χ3n) is 3.58. The fraction of sp³-hybridized carbons (Fsp3) is 0.500. The highest BCUT2D eigenvalue weighted by molar-refractivity contribution is 5.87. The van der Waals surface area contributed by atoms with Crippen LogP contribution in [0, 0.1) is 6.92 Å². The molecular weight excluding hydrogens is 242 g/mol. The molecule has 1 aliphatic heterocycles. The lowest BCUT2D eigenvalue weighted by molar-refractivity contribution is 0.0220. The largest absolute Gasteiger partial charge is 0.494 e. The average molecular weight is 261 g/mol. The number of rotatable bonds is 3. The lowest BCUT2D eigenvalue weighted by Gasteiger charge is -2.26. The molecule has 0 atom stereocenters. The molecule has 2 heterocycles. The van der Waals surface area contributed by atoms with Gasteiger partial charge in [0.25, 0.3) is 0 Å². The standard InChI is InChI=1S/C14H19N3O2/c1-11-12-4-3-5-13(18-2)14(12)17(15-11)10-16-6-8-19-9-7-16/h3-5H,6-10H2,1-2H3. The summed E-state index contributed by atoms with van der Waals surface area (Å²) in [6.45, 7) is 6.33. The van der Waals surface area contributed by atoms with Gasteiger partial charge in [-0.05, 0) is 13.0 Å². The lowest BCUT2D eigenvalue weighted by Crippen LogP contribution is -2.37. The van der Waals surface area contributed by atoms with Gasteiger partial charge in [0.15, 0.2) is 0 Å². The van der Waals surface area contributed by atoms with E-state index in [0.29, 0.717) is 0 Å². The predicted octanol–water partition coefficient (Wildman–Crippen LogP) is 1.64. The summed E-state index contributed by atoms with van der Waals surface area (Å²) in [5, 5.41) is 5.81. The molecule has 102 valence electrons. The molecule has 5 heteroatoms. The van der Waals surface area contributed by atoms with E-state index < -0.39 is 0 Å². The molecule has 1 saturated heterocycles. The highest BCUT2D eigenvalue weighted by atomic mass is 16.5. The average Bonchev–Trinajstić information content (AvgIpc) is 2.77. The van der Waals surface area contributed by atoms with Gasteiger partial charge in [0.1, 0.15) is 11.3 Å². The summed E-state index contributed by atoms with van der Waals surface area (Å²) in [6, 6.07) is 6.09. The van der Waals surface area contributed by atoms with Crippen molar-refractivity contribution in [1.29, 1.82) is 0 Å². The SMILES string of the molecule is COc1cccc2c(C)nn(CN3CCOCC3)c12. The Morgan fingerprint density at radius 2 is 2.11 bits per heavy atom. The van der Waals surface area contributed by atoms with Crippen molar-refractivity contribution >= 4 is 10.9 Å². The van der Waals surface area contributed by atoms with Crippen LogP contribution in [0.1, 0.15) is 5.69 Å². The van der Waals surface area contributed by atoms with Crippen molar-refractivity contribution in [3.63, 3.8) is 0 Å². The Balaban J connectivity index is 1.98. The van der Waals surface area contributed by atoms with Crippen molar-refractivity contribution < 1.29 is 9.47 Å². The molecule has 0 amide bonds. The number of benzene rings is 1. The number of aromatic nitrogens is 2. The van der Waals surface area contributed by atoms with E-state index in [1.807, 2.05) is 23.7 Å². The summed E-state index contributed by atoms with van der Waals surface area (Å²) < 4.78 is 12.9. The van der Waals surface area contributed by atoms with Gasteiger partial charge in [-0.25, -0.2) is 4.68 Å². The summed E-state index contributed by atoms with van der Waals surface area (Å²) in [4.78, 5) is 2.35. The van der Waals surface area contributed by atoms with Gasteiger partial charge in [-0.1, -0.05) is 12.1 Å². The van der Waals surface area contributed by atoms with Gasteiger partial charge in [-0.3, -0.25) is 4.90 Å². The van der Waals surface area contributed by atoms with Crippen molar-refractivity contribution in [2.75, 3.05) is 33.4 Å². The van der Waals surface area contributed by atoms with Crippen LogP contribution in [0.2, 0.25) is 0 Å². The van der Waals surface area contributed by atoms with E-state index >= 15 is 0 Å². The van der Waals surface area contributed by atoms with Crippen molar-refractivity contribution in [2.45, 2.75) is 13.6 Å². The first-order valence-electron chi connectivity index (χ1n) is 6.60. The number of hydrogen-bond donors (Lipinski definition) is 0. The summed E-state index contributed by atoms with van der Waals surface area (Å²) in [5.74, 6) is 0.881. The summed E-state index contributed by atoms with van der Waals surface area (Å²) >= 11 is 0. The molecule has 0 radical (unpaired) electrons. The van der Waals surface area contributed by atoms with Gasteiger partial charge < -0.3 is 9.47 Å². The smallest absolute Gasteiger partial charge is 0.144 e. The molecule has 0 N–H and O–H groups in total. The Kier molecular flexibility index (Phi) is 3.40. The molecule has 19 heavy (non-hydrogen) atoms. The molecule has 1 fully saturated rings. The minimum Gasteiger partial charge on any atom is -0.494 e. The molecule has 1 aromatic heterocycles. The second-order valence-corrected chi connectivity index (χ2v) is 4.81. The molecule has 0 saturated carbocycles. The molecule has 1 aliphatic rings. The van der Waals surface area contributed by atoms with Gasteiger partial charge in [-0.15, -0.1) is 0 Å². The zero-order valence-electron chi connectivity index (χ0n) is 11.4. The molecule has 0 spiro atoms. The van der Waals surface area contributed by atoms with E-state index in [0.717, 1.165) is 55.3 Å². The topological polar surface area (TPSA) is 39.5 Å². The van der Waals surface area contributed by atoms with Crippen molar-refractivity contribution in [1.82, 2.24) is 14.7 Å². The predicted molar refractivity (Wildman–Crippen MR) is 73.4 cm³/mol. The zero-order chi connectivity index (χ0) is 13.2. The maximum Gasteiger partial charge on any atom is 0.144 e. The Morgan fingerprint density at radius 1 is 1.32 bits per heavy atom. The zero-order valence-corrected chi connectivity index (χ0v) is 11.4. The highest BCUT2D eigenvalue weighted by Gasteiger charge is 2.16. The summed E-state index contributed by atoms with van der Waals surface area (Å²) in [6.07, 6.45) is 0. The minimum absolute atomic E-state index is 0.786. The number of ether oxygens (including phenoxy) is 2. The quantitative estimate of drug-likeness (QED) is 0.842. The highest BCUT2D eigenvalue weighted by Crippen LogP contribution is 2.27. The van der Waals surface area contributed by atoms with Crippen molar-refractivity contribution in [3.05, 3.63) is 23.9 Å². The third kappa shape index (κ3) is 2.31. The second kappa shape index (κ2) is 5.19. The van der Waals surface area contributed by atoms with Gasteiger partial charge in [0.05, 0.1) is 32.7 Å². The Labute approximate surface area is 112 Å². The van der Waals surface area contributed by atoms with Crippen LogP contribution in [0.3, 0.4) is 0 Å². The van der Waals surface area contributed by atoms with Gasteiger partial charge in [0, 0.05) is 18.5 Å². The van der Waals surface area contributed by atoms with Crippen LogP contribution in [-0.2, 0) is 11.4 Å². The molecule has 3 rings (SSSR count). The lowest BCUT2D eigenvalue weighted by atomic mass is 10.2. The number of aryl methyl sites for hydroxylation is 1. The van der Waals surface area contributed by atoms with E-state index in [4.69, 9.17) is 9.47 Å². The van der Waals surface area contributed by atoms with Crippen LogP contribution >= 0.6 is 0 Å². The molecule has 0 aliphatic carbocycles. The number of fused-ring (bicyclic) bond motifs is 1. The normalized spacial score (nSPS) is 16.9. The van der Waals surface area contributed by atoms with Gasteiger partial charge in [0.2, 0.25) is 0 Å². The number of morpholine rings is 1. The van der Waals surface area contributed by atoms with Crippen LogP contribution in [0.5, 0.6) is 5.75 Å². The van der Waals surface area contributed by atoms with Crippen LogP contribution in [0.15, 0.2) is 18.2 Å². The Bertz CT molecular complexity index is 573. The molecule has 0 unspecified atom stereocenters. The molecule has 1 aromatic carbocycles. The van der Waals surface area contributed by atoms with Crippen LogP contribution in [0.4, 0.5) is 0 Å². The number of nitrogens with zero attached hydrogens (tertiary/aromatic N) is 3. The second-order valence-electron chi connectivity index (χ2n) is 4.81. The number of para-hydroxylation sites is 1. The van der Waals surface area contributed by atoms with E-state index in [-0.39, 0.29) is 0 Å². The summed E-state index contributed by atoms with van der Waals surface area (Å²) in [7, 11) is 1.70. The van der Waals surface area contributed by atoms with Crippen molar-refractivity contribution in [3.8, 4) is 5.75 Å². The van der Waals surface area contributed by atoms with Crippen LogP contribution in [0.25, 0.3) is 10.9 Å². The molecule has 2 aromatic rings. The van der Waals surface area contributed by atoms with E-state index in [9.17, 15) is 0 Å². The van der Waals surface area contributed by atoms with E-state index in [1.54, 1.807) is 7.11 Å². The van der Waals surface area contributed by atoms with E-state index in [2.05, 4.69) is 16.1 Å². The van der Waals surface area contributed by atoms with E-state index in [1.165, 1.54) is 0 Å². The van der Waals surface area contributed by atoms with Crippen LogP contribution < -0.4 is 4.74 Å². The first-order valence-corrected chi connectivity index (χ1v) is 6.60. The first kappa shape index (κ1) is 12.4. The molecule has 0 bridgehead atoms. The third-order valence-corrected chi connectivity index (χ3v) is 3.58. The maximum absolute atomic E-state index is 5.47.